The summed E-state index contributed by atoms with van der Waals surface area (Å²) in [5, 5.41) is 7.01. The maximum Gasteiger partial charge on any atom is 0.161 e. The van der Waals surface area contributed by atoms with Gasteiger partial charge in [0.1, 0.15) is 0 Å². The zero-order valence-corrected chi connectivity index (χ0v) is 27.2. The third-order valence-corrected chi connectivity index (χ3v) is 10.7. The zero-order valence-electron chi connectivity index (χ0n) is 26.3. The molecule has 0 spiro atoms. The zero-order chi connectivity index (χ0) is 32.3. The molecule has 49 heavy (non-hydrogen) atoms. The first-order valence-electron chi connectivity index (χ1n) is 16.4. The first-order chi connectivity index (χ1) is 24.3. The van der Waals surface area contributed by atoms with Crippen LogP contribution in [0.15, 0.2) is 164 Å². The van der Waals surface area contributed by atoms with E-state index in [1.165, 1.54) is 48.5 Å². The molecule has 4 heteroatoms. The molecule has 0 fully saturated rings. The number of aromatic nitrogens is 3. The third kappa shape index (κ3) is 4.53. The molecular weight excluding hydrogens is 615 g/mol. The Hall–Kier alpha value is -6.23. The molecule has 0 atom stereocenters. The predicted octanol–water partition coefficient (Wildman–Crippen LogP) is 12.4. The SMILES string of the molecule is c1ccc(-c2nc(-c3ccc(-c4ccc(-c5cc6cccnc6c6ccccc56)cc4)c4ccccc34)nc3c2sc2ccccc23)cc1. The van der Waals surface area contributed by atoms with Crippen LogP contribution < -0.4 is 0 Å². The van der Waals surface area contributed by atoms with Crippen molar-refractivity contribution in [1.82, 2.24) is 15.0 Å². The summed E-state index contributed by atoms with van der Waals surface area (Å²) in [5.74, 6) is 0.741. The fraction of sp³-hybridized carbons (Fsp3) is 0. The molecule has 3 aromatic heterocycles. The normalized spacial score (nSPS) is 11.7. The van der Waals surface area contributed by atoms with E-state index in [1.54, 1.807) is 11.3 Å². The van der Waals surface area contributed by atoms with Crippen molar-refractivity contribution >= 4 is 64.1 Å². The molecule has 0 saturated heterocycles. The van der Waals surface area contributed by atoms with Crippen LogP contribution in [0.3, 0.4) is 0 Å². The minimum Gasteiger partial charge on any atom is -0.256 e. The molecule has 0 aliphatic rings. The van der Waals surface area contributed by atoms with E-state index in [2.05, 4.69) is 146 Å². The van der Waals surface area contributed by atoms with Crippen molar-refractivity contribution in [2.24, 2.45) is 0 Å². The summed E-state index contributed by atoms with van der Waals surface area (Å²) in [6.07, 6.45) is 1.87. The average molecular weight is 642 g/mol. The molecule has 3 heterocycles. The number of rotatable bonds is 4. The topological polar surface area (TPSA) is 38.7 Å². The Morgan fingerprint density at radius 1 is 0.408 bits per heavy atom. The van der Waals surface area contributed by atoms with E-state index in [1.807, 2.05) is 18.3 Å². The number of nitrogens with zero attached hydrogens (tertiary/aromatic N) is 3. The lowest BCUT2D eigenvalue weighted by molar-refractivity contribution is 1.24. The Kier molecular flexibility index (Phi) is 6.36. The second-order valence-corrected chi connectivity index (χ2v) is 13.4. The van der Waals surface area contributed by atoms with Gasteiger partial charge in [-0.25, -0.2) is 9.97 Å². The van der Waals surface area contributed by atoms with Crippen LogP contribution in [0.5, 0.6) is 0 Å². The van der Waals surface area contributed by atoms with Crippen molar-refractivity contribution in [2.45, 2.75) is 0 Å². The van der Waals surface area contributed by atoms with E-state index in [0.717, 1.165) is 49.2 Å². The smallest absolute Gasteiger partial charge is 0.161 e. The van der Waals surface area contributed by atoms with Crippen molar-refractivity contribution < 1.29 is 0 Å². The van der Waals surface area contributed by atoms with Gasteiger partial charge in [-0.2, -0.15) is 0 Å². The molecule has 0 amide bonds. The summed E-state index contributed by atoms with van der Waals surface area (Å²) in [6, 6.07) is 56.0. The Balaban J connectivity index is 1.12. The Bertz CT molecular complexity index is 2870. The van der Waals surface area contributed by atoms with Gasteiger partial charge in [0.15, 0.2) is 5.82 Å². The van der Waals surface area contributed by atoms with Crippen LogP contribution in [0.25, 0.3) is 97.6 Å². The lowest BCUT2D eigenvalue weighted by Gasteiger charge is -2.14. The van der Waals surface area contributed by atoms with Crippen LogP contribution in [0, 0.1) is 0 Å². The summed E-state index contributed by atoms with van der Waals surface area (Å²) >= 11 is 1.76. The molecule has 228 valence electrons. The molecule has 0 radical (unpaired) electrons. The highest BCUT2D eigenvalue weighted by atomic mass is 32.1. The van der Waals surface area contributed by atoms with Crippen molar-refractivity contribution in [3.8, 4) is 44.9 Å². The minimum atomic E-state index is 0.741. The minimum absolute atomic E-state index is 0.741. The molecule has 3 nitrogen and oxygen atoms in total. The fourth-order valence-corrected chi connectivity index (χ4v) is 8.39. The molecule has 0 unspecified atom stereocenters. The maximum atomic E-state index is 5.28. The van der Waals surface area contributed by atoms with Crippen molar-refractivity contribution in [1.29, 1.82) is 0 Å². The second-order valence-electron chi connectivity index (χ2n) is 12.4. The molecule has 0 bridgehead atoms. The number of hydrogen-bond donors (Lipinski definition) is 0. The van der Waals surface area contributed by atoms with E-state index in [-0.39, 0.29) is 0 Å². The highest BCUT2D eigenvalue weighted by Crippen LogP contribution is 2.42. The molecule has 0 aliphatic heterocycles. The molecule has 0 aliphatic carbocycles. The van der Waals surface area contributed by atoms with Gasteiger partial charge in [0.05, 0.1) is 21.4 Å². The summed E-state index contributed by atoms with van der Waals surface area (Å²) in [4.78, 5) is 15.2. The predicted molar refractivity (Wildman–Crippen MR) is 207 cm³/mol. The van der Waals surface area contributed by atoms with Gasteiger partial charge >= 0.3 is 0 Å². The highest BCUT2D eigenvalue weighted by molar-refractivity contribution is 7.26. The molecular formula is C45H27N3S. The van der Waals surface area contributed by atoms with Crippen molar-refractivity contribution in [3.05, 3.63) is 164 Å². The first kappa shape index (κ1) is 27.8. The van der Waals surface area contributed by atoms with Crippen LogP contribution in [-0.2, 0) is 0 Å². The summed E-state index contributed by atoms with van der Waals surface area (Å²) in [7, 11) is 0. The quantitative estimate of drug-likeness (QED) is 0.180. The monoisotopic (exact) mass is 641 g/mol. The van der Waals surface area contributed by atoms with Crippen molar-refractivity contribution in [3.63, 3.8) is 0 Å². The average Bonchev–Trinajstić information content (AvgIpc) is 3.56. The van der Waals surface area contributed by atoms with E-state index in [0.29, 0.717) is 0 Å². The van der Waals surface area contributed by atoms with E-state index < -0.39 is 0 Å². The lowest BCUT2D eigenvalue weighted by atomic mass is 9.92. The molecule has 7 aromatic carbocycles. The number of benzene rings is 7. The standard InChI is InChI=1S/C45H27N3S/c1-2-11-30(12-3-1)42-44-43(38-18-8-9-19-40(38)49-44)48-45(47-42)37-25-24-32(33-14-4-5-15-34(33)37)28-20-22-29(23-21-28)39-27-31-13-10-26-46-41(31)36-17-7-6-16-35(36)39/h1-27H. The second kappa shape index (κ2) is 11.2. The van der Waals surface area contributed by atoms with Gasteiger partial charge < -0.3 is 0 Å². The Labute approximate surface area is 286 Å². The van der Waals surface area contributed by atoms with E-state index >= 15 is 0 Å². The summed E-state index contributed by atoms with van der Waals surface area (Å²) in [6.45, 7) is 0. The maximum absolute atomic E-state index is 5.28. The van der Waals surface area contributed by atoms with E-state index in [4.69, 9.17) is 15.0 Å². The van der Waals surface area contributed by atoms with Crippen molar-refractivity contribution in [2.75, 3.05) is 0 Å². The molecule has 0 saturated carbocycles. The van der Waals surface area contributed by atoms with E-state index in [9.17, 15) is 0 Å². The van der Waals surface area contributed by atoms with Crippen LogP contribution >= 0.6 is 11.3 Å². The van der Waals surface area contributed by atoms with Gasteiger partial charge in [-0.1, -0.05) is 133 Å². The number of thiophene rings is 1. The summed E-state index contributed by atoms with van der Waals surface area (Å²) in [5.41, 5.74) is 9.90. The summed E-state index contributed by atoms with van der Waals surface area (Å²) < 4.78 is 2.34. The number of fused-ring (bicyclic) bond motifs is 7. The molecule has 10 rings (SSSR count). The van der Waals surface area contributed by atoms with Gasteiger partial charge in [-0.05, 0) is 62.7 Å². The van der Waals surface area contributed by atoms with Gasteiger partial charge in [-0.15, -0.1) is 11.3 Å². The Morgan fingerprint density at radius 3 is 1.80 bits per heavy atom. The highest BCUT2D eigenvalue weighted by Gasteiger charge is 2.19. The number of pyridine rings is 1. The first-order valence-corrected chi connectivity index (χ1v) is 17.3. The van der Waals surface area contributed by atoms with Crippen LogP contribution in [-0.4, -0.2) is 15.0 Å². The molecule has 10 aromatic rings. The van der Waals surface area contributed by atoms with Crippen LogP contribution in [0.1, 0.15) is 0 Å². The van der Waals surface area contributed by atoms with Gasteiger partial charge in [0, 0.05) is 38.2 Å². The number of hydrogen-bond acceptors (Lipinski definition) is 4. The largest absolute Gasteiger partial charge is 0.256 e. The fourth-order valence-electron chi connectivity index (χ4n) is 7.23. The van der Waals surface area contributed by atoms with Gasteiger partial charge in [0.2, 0.25) is 0 Å². The third-order valence-electron chi connectivity index (χ3n) is 9.55. The van der Waals surface area contributed by atoms with Crippen LogP contribution in [0.2, 0.25) is 0 Å². The molecule has 0 N–H and O–H groups in total. The Morgan fingerprint density at radius 2 is 1.02 bits per heavy atom. The lowest BCUT2D eigenvalue weighted by Crippen LogP contribution is -1.95. The van der Waals surface area contributed by atoms with Gasteiger partial charge in [-0.3, -0.25) is 4.98 Å². The van der Waals surface area contributed by atoms with Gasteiger partial charge in [0.25, 0.3) is 0 Å². The van der Waals surface area contributed by atoms with Crippen LogP contribution in [0.4, 0.5) is 0 Å².